The van der Waals surface area contributed by atoms with E-state index in [1.165, 1.54) is 0 Å². The lowest BCUT2D eigenvalue weighted by Gasteiger charge is -2.19. The molecule has 1 aromatic heterocycles. The van der Waals surface area contributed by atoms with Gasteiger partial charge in [0.2, 0.25) is 0 Å². The lowest BCUT2D eigenvalue weighted by Crippen LogP contribution is -2.23. The van der Waals surface area contributed by atoms with E-state index in [4.69, 9.17) is 17.3 Å². The third kappa shape index (κ3) is 4.60. The first kappa shape index (κ1) is 15.0. The first-order chi connectivity index (χ1) is 9.65. The van der Waals surface area contributed by atoms with Crippen molar-refractivity contribution in [3.8, 4) is 0 Å². The number of benzene rings is 1. The number of hydrogen-bond donors (Lipinski definition) is 1. The first-order valence-corrected chi connectivity index (χ1v) is 7.12. The van der Waals surface area contributed by atoms with Crippen LogP contribution in [0.2, 0.25) is 5.02 Å². The number of pyridine rings is 1. The molecule has 106 valence electrons. The Morgan fingerprint density at radius 2 is 1.95 bits per heavy atom. The minimum absolute atomic E-state index is 0.0402. The van der Waals surface area contributed by atoms with Crippen molar-refractivity contribution in [2.45, 2.75) is 19.0 Å². The second-order valence-electron chi connectivity index (χ2n) is 5.01. The maximum Gasteiger partial charge on any atom is 0.0543 e. The highest BCUT2D eigenvalue weighted by molar-refractivity contribution is 6.30. The van der Waals surface area contributed by atoms with E-state index >= 15 is 0 Å². The Kier molecular flexibility index (Phi) is 5.53. The Hall–Kier alpha value is -1.42. The molecular formula is C16H20ClN3. The van der Waals surface area contributed by atoms with Crippen molar-refractivity contribution in [3.63, 3.8) is 0 Å². The average Bonchev–Trinajstić information content (AvgIpc) is 2.46. The van der Waals surface area contributed by atoms with Crippen LogP contribution in [0.4, 0.5) is 0 Å². The van der Waals surface area contributed by atoms with Gasteiger partial charge in [-0.1, -0.05) is 29.8 Å². The highest BCUT2D eigenvalue weighted by Gasteiger charge is 2.08. The molecule has 0 aliphatic rings. The van der Waals surface area contributed by atoms with Gasteiger partial charge < -0.3 is 10.6 Å². The molecule has 1 unspecified atom stereocenters. The minimum Gasteiger partial charge on any atom is -0.324 e. The van der Waals surface area contributed by atoms with Crippen molar-refractivity contribution in [2.75, 3.05) is 13.6 Å². The van der Waals surface area contributed by atoms with Crippen molar-refractivity contribution >= 4 is 11.6 Å². The van der Waals surface area contributed by atoms with E-state index in [1.807, 2.05) is 48.7 Å². The summed E-state index contributed by atoms with van der Waals surface area (Å²) in [7, 11) is 2.09. The summed E-state index contributed by atoms with van der Waals surface area (Å²) in [5.74, 6) is 0. The average molecular weight is 290 g/mol. The number of nitrogens with two attached hydrogens (primary N) is 1. The normalized spacial score (nSPS) is 12.6. The van der Waals surface area contributed by atoms with Crippen molar-refractivity contribution < 1.29 is 0 Å². The molecule has 0 fully saturated rings. The molecule has 0 saturated carbocycles. The van der Waals surface area contributed by atoms with Gasteiger partial charge in [0.05, 0.1) is 5.69 Å². The Morgan fingerprint density at radius 1 is 1.20 bits per heavy atom. The SMILES string of the molecule is CN(CCC(N)c1ccc(Cl)cc1)Cc1ccccn1. The van der Waals surface area contributed by atoms with Crippen molar-refractivity contribution in [2.24, 2.45) is 5.73 Å². The Bertz CT molecular complexity index is 513. The van der Waals surface area contributed by atoms with Crippen LogP contribution >= 0.6 is 11.6 Å². The lowest BCUT2D eigenvalue weighted by atomic mass is 10.0. The Balaban J connectivity index is 1.81. The fourth-order valence-corrected chi connectivity index (χ4v) is 2.21. The van der Waals surface area contributed by atoms with Crippen LogP contribution in [0.15, 0.2) is 48.7 Å². The molecule has 4 heteroatoms. The molecule has 2 N–H and O–H groups in total. The summed E-state index contributed by atoms with van der Waals surface area (Å²) in [5.41, 5.74) is 8.41. The molecule has 0 saturated heterocycles. The highest BCUT2D eigenvalue weighted by Crippen LogP contribution is 2.17. The fourth-order valence-electron chi connectivity index (χ4n) is 2.08. The standard InChI is InChI=1S/C16H20ClN3/c1-20(12-15-4-2-3-10-19-15)11-9-16(18)13-5-7-14(17)8-6-13/h2-8,10,16H,9,11-12,18H2,1H3. The second-order valence-corrected chi connectivity index (χ2v) is 5.44. The molecule has 2 rings (SSSR count). The lowest BCUT2D eigenvalue weighted by molar-refractivity contribution is 0.308. The van der Waals surface area contributed by atoms with Crippen LogP contribution in [-0.4, -0.2) is 23.5 Å². The molecule has 0 aliphatic heterocycles. The van der Waals surface area contributed by atoms with Crippen LogP contribution in [0.3, 0.4) is 0 Å². The summed E-state index contributed by atoms with van der Waals surface area (Å²) in [6.07, 6.45) is 2.73. The topological polar surface area (TPSA) is 42.1 Å². The molecule has 1 heterocycles. The summed E-state index contributed by atoms with van der Waals surface area (Å²) in [6.45, 7) is 1.77. The van der Waals surface area contributed by atoms with Crippen molar-refractivity contribution in [3.05, 3.63) is 64.9 Å². The number of hydrogen-bond acceptors (Lipinski definition) is 3. The van der Waals surface area contributed by atoms with Gasteiger partial charge in [-0.15, -0.1) is 0 Å². The molecule has 20 heavy (non-hydrogen) atoms. The summed E-state index contributed by atoms with van der Waals surface area (Å²) in [5, 5.41) is 0.744. The quantitative estimate of drug-likeness (QED) is 0.887. The molecule has 0 spiro atoms. The molecule has 0 aliphatic carbocycles. The van der Waals surface area contributed by atoms with Gasteiger partial charge in [0, 0.05) is 30.4 Å². The zero-order valence-electron chi connectivity index (χ0n) is 11.7. The smallest absolute Gasteiger partial charge is 0.0543 e. The number of aromatic nitrogens is 1. The minimum atomic E-state index is 0.0402. The van der Waals surface area contributed by atoms with Crippen LogP contribution in [-0.2, 0) is 6.54 Å². The molecule has 1 atom stereocenters. The first-order valence-electron chi connectivity index (χ1n) is 6.74. The van der Waals surface area contributed by atoms with E-state index in [0.29, 0.717) is 0 Å². The summed E-state index contributed by atoms with van der Waals surface area (Å²) in [4.78, 5) is 6.56. The number of rotatable bonds is 6. The van der Waals surface area contributed by atoms with E-state index < -0.39 is 0 Å². The van der Waals surface area contributed by atoms with Gasteiger partial charge in [-0.05, 0) is 43.3 Å². The van der Waals surface area contributed by atoms with E-state index in [2.05, 4.69) is 16.9 Å². The van der Waals surface area contributed by atoms with Gasteiger partial charge in [0.1, 0.15) is 0 Å². The molecule has 0 amide bonds. The monoisotopic (exact) mass is 289 g/mol. The summed E-state index contributed by atoms with van der Waals surface area (Å²) < 4.78 is 0. The van der Waals surface area contributed by atoms with E-state index in [0.717, 1.165) is 35.8 Å². The van der Waals surface area contributed by atoms with E-state index in [1.54, 1.807) is 0 Å². The van der Waals surface area contributed by atoms with Gasteiger partial charge in [0.25, 0.3) is 0 Å². The zero-order chi connectivity index (χ0) is 14.4. The van der Waals surface area contributed by atoms with E-state index in [-0.39, 0.29) is 6.04 Å². The molecule has 3 nitrogen and oxygen atoms in total. The Morgan fingerprint density at radius 3 is 2.60 bits per heavy atom. The molecular weight excluding hydrogens is 270 g/mol. The number of halogens is 1. The van der Waals surface area contributed by atoms with Crippen molar-refractivity contribution in [1.82, 2.24) is 9.88 Å². The van der Waals surface area contributed by atoms with Gasteiger partial charge in [-0.2, -0.15) is 0 Å². The Labute approximate surface area is 125 Å². The largest absolute Gasteiger partial charge is 0.324 e. The van der Waals surface area contributed by atoms with Crippen molar-refractivity contribution in [1.29, 1.82) is 0 Å². The zero-order valence-corrected chi connectivity index (χ0v) is 12.4. The van der Waals surface area contributed by atoms with E-state index in [9.17, 15) is 0 Å². The highest BCUT2D eigenvalue weighted by atomic mass is 35.5. The van der Waals surface area contributed by atoms with Gasteiger partial charge in [-0.3, -0.25) is 4.98 Å². The van der Waals surface area contributed by atoms with Crippen LogP contribution in [0.25, 0.3) is 0 Å². The summed E-state index contributed by atoms with van der Waals surface area (Å²) in [6, 6.07) is 13.8. The van der Waals surface area contributed by atoms with Crippen LogP contribution in [0.5, 0.6) is 0 Å². The number of nitrogens with zero attached hydrogens (tertiary/aromatic N) is 2. The second kappa shape index (κ2) is 7.39. The maximum absolute atomic E-state index is 6.20. The molecule has 1 aromatic carbocycles. The molecule has 2 aromatic rings. The van der Waals surface area contributed by atoms with Crippen LogP contribution < -0.4 is 5.73 Å². The van der Waals surface area contributed by atoms with Gasteiger partial charge >= 0.3 is 0 Å². The molecule has 0 radical (unpaired) electrons. The maximum atomic E-state index is 6.20. The predicted molar refractivity (Wildman–Crippen MR) is 83.6 cm³/mol. The third-order valence-corrected chi connectivity index (χ3v) is 3.53. The fraction of sp³-hybridized carbons (Fsp3) is 0.312. The van der Waals surface area contributed by atoms with Gasteiger partial charge in [-0.25, -0.2) is 0 Å². The third-order valence-electron chi connectivity index (χ3n) is 3.28. The van der Waals surface area contributed by atoms with Crippen LogP contribution in [0.1, 0.15) is 23.7 Å². The summed E-state index contributed by atoms with van der Waals surface area (Å²) >= 11 is 5.88. The van der Waals surface area contributed by atoms with Crippen LogP contribution in [0, 0.1) is 0 Å². The predicted octanol–water partition coefficient (Wildman–Crippen LogP) is 3.26. The molecule has 0 bridgehead atoms. The van der Waals surface area contributed by atoms with Gasteiger partial charge in [0.15, 0.2) is 0 Å².